The van der Waals surface area contributed by atoms with E-state index in [0.29, 0.717) is 17.2 Å². The Kier molecular flexibility index (Phi) is 3.05. The van der Waals surface area contributed by atoms with Crippen LogP contribution in [0.15, 0.2) is 42.5 Å². The molecule has 2 N–H and O–H groups in total. The standard InChI is InChI=1S/C13H12O4/c1-16-13-8-11(6-7-12(13)15)17-10-4-2-9(14)3-5-10/h2-8,14-15H,1H3. The van der Waals surface area contributed by atoms with Gasteiger partial charge in [0.1, 0.15) is 17.2 Å². The van der Waals surface area contributed by atoms with Gasteiger partial charge < -0.3 is 19.7 Å². The number of ether oxygens (including phenoxy) is 2. The van der Waals surface area contributed by atoms with Gasteiger partial charge in [-0.1, -0.05) is 0 Å². The highest BCUT2D eigenvalue weighted by atomic mass is 16.5. The number of rotatable bonds is 3. The summed E-state index contributed by atoms with van der Waals surface area (Å²) in [4.78, 5) is 0. The third kappa shape index (κ3) is 2.60. The van der Waals surface area contributed by atoms with Crippen molar-refractivity contribution < 1.29 is 19.7 Å². The lowest BCUT2D eigenvalue weighted by Crippen LogP contribution is -1.87. The fourth-order valence-corrected chi connectivity index (χ4v) is 1.37. The highest BCUT2D eigenvalue weighted by Crippen LogP contribution is 2.32. The second-order valence-corrected chi connectivity index (χ2v) is 3.43. The van der Waals surface area contributed by atoms with Crippen LogP contribution in [0.5, 0.6) is 28.7 Å². The molecule has 0 heterocycles. The zero-order chi connectivity index (χ0) is 12.3. The molecule has 0 aliphatic heterocycles. The Morgan fingerprint density at radius 1 is 0.882 bits per heavy atom. The normalized spacial score (nSPS) is 9.94. The fraction of sp³-hybridized carbons (Fsp3) is 0.0769. The molecule has 2 aromatic rings. The number of hydrogen-bond donors (Lipinski definition) is 2. The average molecular weight is 232 g/mol. The van der Waals surface area contributed by atoms with Crippen LogP contribution in [0.4, 0.5) is 0 Å². The van der Waals surface area contributed by atoms with Crippen LogP contribution in [-0.2, 0) is 0 Å². The Balaban J connectivity index is 2.21. The summed E-state index contributed by atoms with van der Waals surface area (Å²) in [7, 11) is 1.47. The van der Waals surface area contributed by atoms with Crippen molar-refractivity contribution in [3.05, 3.63) is 42.5 Å². The molecule has 0 aliphatic carbocycles. The Morgan fingerprint density at radius 3 is 2.18 bits per heavy atom. The summed E-state index contributed by atoms with van der Waals surface area (Å²) < 4.78 is 10.5. The molecule has 4 nitrogen and oxygen atoms in total. The minimum absolute atomic E-state index is 0.0607. The highest BCUT2D eigenvalue weighted by Gasteiger charge is 2.04. The first-order chi connectivity index (χ1) is 8.19. The summed E-state index contributed by atoms with van der Waals surface area (Å²) in [6, 6.07) is 11.1. The molecule has 0 bridgehead atoms. The van der Waals surface area contributed by atoms with Crippen molar-refractivity contribution >= 4 is 0 Å². The van der Waals surface area contributed by atoms with Crippen LogP contribution in [0.25, 0.3) is 0 Å². The average Bonchev–Trinajstić information content (AvgIpc) is 2.34. The van der Waals surface area contributed by atoms with Gasteiger partial charge >= 0.3 is 0 Å². The lowest BCUT2D eigenvalue weighted by Gasteiger charge is -2.08. The molecule has 2 aromatic carbocycles. The van der Waals surface area contributed by atoms with Crippen molar-refractivity contribution in [2.45, 2.75) is 0 Å². The summed E-state index contributed by atoms with van der Waals surface area (Å²) in [5.41, 5.74) is 0. The van der Waals surface area contributed by atoms with Gasteiger partial charge in [0.15, 0.2) is 11.5 Å². The third-order valence-electron chi connectivity index (χ3n) is 2.22. The maximum absolute atomic E-state index is 9.42. The van der Waals surface area contributed by atoms with E-state index in [2.05, 4.69) is 0 Å². The molecule has 0 aromatic heterocycles. The Bertz CT molecular complexity index is 505. The van der Waals surface area contributed by atoms with E-state index < -0.39 is 0 Å². The Labute approximate surface area is 98.7 Å². The van der Waals surface area contributed by atoms with E-state index in [1.165, 1.54) is 25.3 Å². The molecular formula is C13H12O4. The molecule has 0 fully saturated rings. The van der Waals surface area contributed by atoms with Crippen LogP contribution in [-0.4, -0.2) is 17.3 Å². The maximum Gasteiger partial charge on any atom is 0.164 e. The van der Waals surface area contributed by atoms with Crippen LogP contribution in [0.3, 0.4) is 0 Å². The molecule has 0 amide bonds. The number of aromatic hydroxyl groups is 2. The minimum Gasteiger partial charge on any atom is -0.508 e. The molecular weight excluding hydrogens is 220 g/mol. The second-order valence-electron chi connectivity index (χ2n) is 3.43. The summed E-state index contributed by atoms with van der Waals surface area (Å²) >= 11 is 0. The van der Waals surface area contributed by atoms with E-state index in [1.807, 2.05) is 0 Å². The van der Waals surface area contributed by atoms with Crippen molar-refractivity contribution in [3.63, 3.8) is 0 Å². The van der Waals surface area contributed by atoms with Gasteiger partial charge in [-0.25, -0.2) is 0 Å². The molecule has 17 heavy (non-hydrogen) atoms. The highest BCUT2D eigenvalue weighted by molar-refractivity contribution is 5.46. The van der Waals surface area contributed by atoms with Gasteiger partial charge in [-0.2, -0.15) is 0 Å². The van der Waals surface area contributed by atoms with Gasteiger partial charge in [0.05, 0.1) is 7.11 Å². The fourth-order valence-electron chi connectivity index (χ4n) is 1.37. The zero-order valence-corrected chi connectivity index (χ0v) is 9.25. The largest absolute Gasteiger partial charge is 0.508 e. The van der Waals surface area contributed by atoms with Crippen molar-refractivity contribution in [2.24, 2.45) is 0 Å². The molecule has 2 rings (SSSR count). The van der Waals surface area contributed by atoms with E-state index in [4.69, 9.17) is 14.6 Å². The predicted molar refractivity (Wildman–Crippen MR) is 62.8 cm³/mol. The topological polar surface area (TPSA) is 58.9 Å². The molecule has 0 atom stereocenters. The summed E-state index contributed by atoms with van der Waals surface area (Å²) in [5.74, 6) is 1.73. The molecule has 0 saturated heterocycles. The quantitative estimate of drug-likeness (QED) is 0.854. The molecule has 0 unspecified atom stereocenters. The van der Waals surface area contributed by atoms with Crippen molar-refractivity contribution in [1.82, 2.24) is 0 Å². The van der Waals surface area contributed by atoms with Gasteiger partial charge in [-0.05, 0) is 36.4 Å². The molecule has 4 heteroatoms. The lowest BCUT2D eigenvalue weighted by atomic mass is 10.3. The number of phenolic OH excluding ortho intramolecular Hbond substituents is 2. The number of hydrogen-bond acceptors (Lipinski definition) is 4. The first-order valence-electron chi connectivity index (χ1n) is 5.03. The zero-order valence-electron chi connectivity index (χ0n) is 9.25. The lowest BCUT2D eigenvalue weighted by molar-refractivity contribution is 0.369. The molecule has 0 aliphatic rings. The second kappa shape index (κ2) is 4.65. The van der Waals surface area contributed by atoms with E-state index in [0.717, 1.165) is 0 Å². The van der Waals surface area contributed by atoms with Crippen LogP contribution in [0.1, 0.15) is 0 Å². The van der Waals surface area contributed by atoms with Crippen LogP contribution >= 0.6 is 0 Å². The minimum atomic E-state index is 0.0607. The monoisotopic (exact) mass is 232 g/mol. The molecule has 0 radical (unpaired) electrons. The molecule has 0 saturated carbocycles. The van der Waals surface area contributed by atoms with Gasteiger partial charge in [0.25, 0.3) is 0 Å². The molecule has 88 valence electrons. The van der Waals surface area contributed by atoms with E-state index >= 15 is 0 Å². The smallest absolute Gasteiger partial charge is 0.164 e. The van der Waals surface area contributed by atoms with Crippen LogP contribution < -0.4 is 9.47 Å². The summed E-state index contributed by atoms with van der Waals surface area (Å²) in [6.07, 6.45) is 0. The van der Waals surface area contributed by atoms with Crippen LogP contribution in [0.2, 0.25) is 0 Å². The van der Waals surface area contributed by atoms with Gasteiger partial charge in [-0.3, -0.25) is 0 Å². The summed E-state index contributed by atoms with van der Waals surface area (Å²) in [6.45, 7) is 0. The van der Waals surface area contributed by atoms with Crippen LogP contribution in [0, 0.1) is 0 Å². The van der Waals surface area contributed by atoms with Crippen molar-refractivity contribution in [2.75, 3.05) is 7.11 Å². The SMILES string of the molecule is COc1cc(Oc2ccc(O)cc2)ccc1O. The van der Waals surface area contributed by atoms with E-state index in [-0.39, 0.29) is 11.5 Å². The number of phenols is 2. The summed E-state index contributed by atoms with van der Waals surface area (Å²) in [5, 5.41) is 18.6. The van der Waals surface area contributed by atoms with Gasteiger partial charge in [0.2, 0.25) is 0 Å². The van der Waals surface area contributed by atoms with Gasteiger partial charge in [0, 0.05) is 6.07 Å². The Morgan fingerprint density at radius 2 is 1.53 bits per heavy atom. The maximum atomic E-state index is 9.42. The Hall–Kier alpha value is -2.36. The van der Waals surface area contributed by atoms with Crippen molar-refractivity contribution in [3.8, 4) is 28.7 Å². The van der Waals surface area contributed by atoms with Gasteiger partial charge in [-0.15, -0.1) is 0 Å². The van der Waals surface area contributed by atoms with E-state index in [9.17, 15) is 5.11 Å². The predicted octanol–water partition coefficient (Wildman–Crippen LogP) is 2.90. The number of benzene rings is 2. The van der Waals surface area contributed by atoms with E-state index in [1.54, 1.807) is 24.3 Å². The first kappa shape index (κ1) is 11.1. The van der Waals surface area contributed by atoms with Crippen molar-refractivity contribution in [1.29, 1.82) is 0 Å². The first-order valence-corrected chi connectivity index (χ1v) is 5.03. The number of methoxy groups -OCH3 is 1. The molecule has 0 spiro atoms. The third-order valence-corrected chi connectivity index (χ3v) is 2.22.